The van der Waals surface area contributed by atoms with Gasteiger partial charge in [0.2, 0.25) is 11.8 Å². The number of amides is 2. The molecule has 1 saturated heterocycles. The molecule has 0 aromatic carbocycles. The highest BCUT2D eigenvalue weighted by molar-refractivity contribution is 5.93. The van der Waals surface area contributed by atoms with Crippen molar-refractivity contribution in [3.63, 3.8) is 0 Å². The number of rotatable bonds is 6. The fraction of sp³-hybridized carbons (Fsp3) is 0.857. The molecule has 1 N–H and O–H groups in total. The number of nitrogens with zero attached hydrogens (tertiary/aromatic N) is 1. The van der Waals surface area contributed by atoms with E-state index in [0.717, 1.165) is 12.8 Å². The van der Waals surface area contributed by atoms with Crippen molar-refractivity contribution in [2.24, 2.45) is 0 Å². The summed E-state index contributed by atoms with van der Waals surface area (Å²) in [4.78, 5) is 26.3. The lowest BCUT2D eigenvalue weighted by Crippen LogP contribution is -2.57. The van der Waals surface area contributed by atoms with Gasteiger partial charge in [0.25, 0.3) is 0 Å². The summed E-state index contributed by atoms with van der Waals surface area (Å²) in [5.41, 5.74) is -0.784. The molecule has 1 fully saturated rings. The van der Waals surface area contributed by atoms with Gasteiger partial charge in [0.1, 0.15) is 5.54 Å². The first kappa shape index (κ1) is 16.0. The molecule has 2 atom stereocenters. The summed E-state index contributed by atoms with van der Waals surface area (Å²) < 4.78 is 5.23. The van der Waals surface area contributed by atoms with E-state index in [-0.39, 0.29) is 17.9 Å². The molecule has 1 rings (SSSR count). The molecule has 0 aliphatic carbocycles. The normalized spacial score (nSPS) is 26.0. The Hall–Kier alpha value is -1.10. The summed E-state index contributed by atoms with van der Waals surface area (Å²) in [6.45, 7) is 6.82. The molecule has 0 radical (unpaired) electrons. The molecule has 5 nitrogen and oxygen atoms in total. The van der Waals surface area contributed by atoms with Gasteiger partial charge in [0.05, 0.1) is 12.6 Å². The number of carbonyl (C=O) groups is 2. The zero-order valence-corrected chi connectivity index (χ0v) is 12.5. The maximum Gasteiger partial charge on any atom is 0.248 e. The van der Waals surface area contributed by atoms with Crippen molar-refractivity contribution >= 4 is 11.8 Å². The lowest BCUT2D eigenvalue weighted by atomic mass is 9.96. The molecule has 19 heavy (non-hydrogen) atoms. The minimum Gasteiger partial charge on any atom is -0.383 e. The van der Waals surface area contributed by atoms with Gasteiger partial charge in [-0.1, -0.05) is 20.3 Å². The van der Waals surface area contributed by atoms with Crippen LogP contribution in [0, 0.1) is 0 Å². The van der Waals surface area contributed by atoms with Crippen LogP contribution in [-0.2, 0) is 14.3 Å². The maximum absolute atomic E-state index is 12.7. The van der Waals surface area contributed by atoms with E-state index in [0.29, 0.717) is 26.0 Å². The van der Waals surface area contributed by atoms with Gasteiger partial charge in [-0.2, -0.15) is 0 Å². The maximum atomic E-state index is 12.7. The first-order valence-corrected chi connectivity index (χ1v) is 7.09. The highest BCUT2D eigenvalue weighted by Crippen LogP contribution is 2.21. The molecule has 2 unspecified atom stereocenters. The average molecular weight is 270 g/mol. The topological polar surface area (TPSA) is 58.6 Å². The highest BCUT2D eigenvalue weighted by Gasteiger charge is 2.41. The third kappa shape index (κ3) is 3.69. The van der Waals surface area contributed by atoms with Gasteiger partial charge >= 0.3 is 0 Å². The Bertz CT molecular complexity index is 327. The summed E-state index contributed by atoms with van der Waals surface area (Å²) in [6, 6.07) is 0.0566. The molecule has 5 heteroatoms. The number of ether oxygens (including phenoxy) is 1. The Labute approximate surface area is 115 Å². The Morgan fingerprint density at radius 1 is 1.42 bits per heavy atom. The summed E-state index contributed by atoms with van der Waals surface area (Å²) in [5, 5.41) is 2.85. The minimum absolute atomic E-state index is 0.0105. The van der Waals surface area contributed by atoms with Crippen molar-refractivity contribution in [2.75, 3.05) is 20.3 Å². The summed E-state index contributed by atoms with van der Waals surface area (Å²) in [7, 11) is 1.65. The van der Waals surface area contributed by atoms with Crippen LogP contribution in [0.2, 0.25) is 0 Å². The summed E-state index contributed by atoms with van der Waals surface area (Å²) >= 11 is 0. The predicted molar refractivity (Wildman–Crippen MR) is 73.7 cm³/mol. The van der Waals surface area contributed by atoms with E-state index in [4.69, 9.17) is 4.74 Å². The van der Waals surface area contributed by atoms with Crippen LogP contribution in [-0.4, -0.2) is 48.6 Å². The van der Waals surface area contributed by atoms with E-state index in [2.05, 4.69) is 12.2 Å². The summed E-state index contributed by atoms with van der Waals surface area (Å²) in [5.74, 6) is -0.0378. The Balaban J connectivity index is 2.96. The molecule has 0 aromatic rings. The van der Waals surface area contributed by atoms with Gasteiger partial charge in [-0.15, -0.1) is 0 Å². The number of hydrogen-bond donors (Lipinski definition) is 1. The van der Waals surface area contributed by atoms with Crippen molar-refractivity contribution in [3.05, 3.63) is 0 Å². The quantitative estimate of drug-likeness (QED) is 0.792. The van der Waals surface area contributed by atoms with Crippen molar-refractivity contribution in [1.82, 2.24) is 10.2 Å². The third-order valence-corrected chi connectivity index (χ3v) is 3.86. The largest absolute Gasteiger partial charge is 0.383 e. The van der Waals surface area contributed by atoms with Crippen LogP contribution in [0.25, 0.3) is 0 Å². The standard InChI is InChI=1S/C14H26N2O3/c1-5-7-11(10-19-4)16-9-8-12(17)15-14(3,6-2)13(16)18/h11H,5-10H2,1-4H3,(H,15,17). The molecule has 110 valence electrons. The fourth-order valence-electron chi connectivity index (χ4n) is 2.51. The van der Waals surface area contributed by atoms with Crippen molar-refractivity contribution in [1.29, 1.82) is 0 Å². The van der Waals surface area contributed by atoms with E-state index in [1.807, 2.05) is 11.8 Å². The number of nitrogens with one attached hydrogen (secondary N) is 1. The van der Waals surface area contributed by atoms with Crippen LogP contribution in [0.5, 0.6) is 0 Å². The Morgan fingerprint density at radius 2 is 2.11 bits per heavy atom. The fourth-order valence-corrected chi connectivity index (χ4v) is 2.51. The first-order chi connectivity index (χ1) is 8.98. The van der Waals surface area contributed by atoms with Crippen LogP contribution in [0.15, 0.2) is 0 Å². The lowest BCUT2D eigenvalue weighted by molar-refractivity contribution is -0.141. The number of methoxy groups -OCH3 is 1. The second kappa shape index (κ2) is 6.89. The molecular formula is C14H26N2O3. The van der Waals surface area contributed by atoms with E-state index in [9.17, 15) is 9.59 Å². The molecule has 0 saturated carbocycles. The number of hydrogen-bond acceptors (Lipinski definition) is 3. The zero-order valence-electron chi connectivity index (χ0n) is 12.5. The second-order valence-electron chi connectivity index (χ2n) is 5.38. The van der Waals surface area contributed by atoms with Gasteiger partial charge in [-0.3, -0.25) is 9.59 Å². The van der Waals surface area contributed by atoms with Gasteiger partial charge in [0, 0.05) is 20.1 Å². The molecule has 0 spiro atoms. The average Bonchev–Trinajstić information content (AvgIpc) is 2.48. The molecular weight excluding hydrogens is 244 g/mol. The molecule has 1 aliphatic heterocycles. The van der Waals surface area contributed by atoms with E-state index in [1.165, 1.54) is 0 Å². The van der Waals surface area contributed by atoms with Crippen LogP contribution in [0.1, 0.15) is 46.5 Å². The van der Waals surface area contributed by atoms with Crippen molar-refractivity contribution in [2.45, 2.75) is 58.0 Å². The van der Waals surface area contributed by atoms with Crippen molar-refractivity contribution < 1.29 is 14.3 Å². The molecule has 0 aromatic heterocycles. The SMILES string of the molecule is CCCC(COC)N1CCC(=O)NC(C)(CC)C1=O. The molecule has 2 amide bonds. The van der Waals surface area contributed by atoms with Gasteiger partial charge < -0.3 is 15.0 Å². The van der Waals surface area contributed by atoms with Crippen LogP contribution in [0.4, 0.5) is 0 Å². The van der Waals surface area contributed by atoms with Gasteiger partial charge in [-0.05, 0) is 19.8 Å². The Kier molecular flexibility index (Phi) is 5.79. The van der Waals surface area contributed by atoms with Crippen LogP contribution >= 0.6 is 0 Å². The predicted octanol–water partition coefficient (Wildman–Crippen LogP) is 1.32. The minimum atomic E-state index is -0.784. The summed E-state index contributed by atoms with van der Waals surface area (Å²) in [6.07, 6.45) is 2.85. The van der Waals surface area contributed by atoms with E-state index in [1.54, 1.807) is 14.0 Å². The Morgan fingerprint density at radius 3 is 2.63 bits per heavy atom. The third-order valence-electron chi connectivity index (χ3n) is 3.86. The van der Waals surface area contributed by atoms with Crippen LogP contribution in [0.3, 0.4) is 0 Å². The smallest absolute Gasteiger partial charge is 0.248 e. The number of carbonyl (C=O) groups excluding carboxylic acids is 2. The molecule has 1 aliphatic rings. The van der Waals surface area contributed by atoms with Gasteiger partial charge in [-0.25, -0.2) is 0 Å². The monoisotopic (exact) mass is 270 g/mol. The first-order valence-electron chi connectivity index (χ1n) is 7.09. The zero-order chi connectivity index (χ0) is 14.5. The molecule has 1 heterocycles. The molecule has 0 bridgehead atoms. The van der Waals surface area contributed by atoms with Crippen molar-refractivity contribution in [3.8, 4) is 0 Å². The van der Waals surface area contributed by atoms with E-state index >= 15 is 0 Å². The lowest BCUT2D eigenvalue weighted by Gasteiger charge is -2.36. The van der Waals surface area contributed by atoms with Crippen LogP contribution < -0.4 is 5.32 Å². The highest BCUT2D eigenvalue weighted by atomic mass is 16.5. The second-order valence-corrected chi connectivity index (χ2v) is 5.38. The van der Waals surface area contributed by atoms with E-state index < -0.39 is 5.54 Å². The van der Waals surface area contributed by atoms with Gasteiger partial charge in [0.15, 0.2) is 0 Å².